The summed E-state index contributed by atoms with van der Waals surface area (Å²) in [7, 11) is 0. The smallest absolute Gasteiger partial charge is 0.124 e. The summed E-state index contributed by atoms with van der Waals surface area (Å²) in [6, 6.07) is 5.45. The highest BCUT2D eigenvalue weighted by Gasteiger charge is 1.96. The van der Waals surface area contributed by atoms with Crippen molar-refractivity contribution >= 4 is 10.8 Å². The zero-order chi connectivity index (χ0) is 6.97. The lowest BCUT2D eigenvalue weighted by Gasteiger charge is -1.90. The van der Waals surface area contributed by atoms with Crippen LogP contribution in [0.4, 0.5) is 0 Å². The molecule has 2 N–H and O–H groups in total. The van der Waals surface area contributed by atoms with Gasteiger partial charge in [0.05, 0.1) is 0 Å². The molecule has 10 heavy (non-hydrogen) atoms. The summed E-state index contributed by atoms with van der Waals surface area (Å²) < 4.78 is 0. The summed E-state index contributed by atoms with van der Waals surface area (Å²) in [5, 5.41) is 11.2. The molecule has 0 aliphatic heterocycles. The summed E-state index contributed by atoms with van der Waals surface area (Å²) in [5.74, 6) is 0.332. The molecule has 0 aliphatic carbocycles. The van der Waals surface area contributed by atoms with Crippen LogP contribution in [0, 0.1) is 0 Å². The Bertz CT molecular complexity index is 351. The SMILES string of the molecule is Oc1cccc2c[nH]cc12. The van der Waals surface area contributed by atoms with Gasteiger partial charge in [0.1, 0.15) is 5.75 Å². The van der Waals surface area contributed by atoms with Crippen LogP contribution in [-0.2, 0) is 0 Å². The number of aromatic amines is 1. The molecule has 50 valence electrons. The molecule has 0 radical (unpaired) electrons. The number of aromatic hydroxyl groups is 1. The van der Waals surface area contributed by atoms with Crippen molar-refractivity contribution in [1.29, 1.82) is 0 Å². The first-order valence-corrected chi connectivity index (χ1v) is 3.12. The van der Waals surface area contributed by atoms with Gasteiger partial charge in [0.15, 0.2) is 0 Å². The van der Waals surface area contributed by atoms with Crippen molar-refractivity contribution in [3.8, 4) is 5.75 Å². The number of hydrogen-bond donors (Lipinski definition) is 2. The summed E-state index contributed by atoms with van der Waals surface area (Å²) in [6.45, 7) is 0. The third-order valence-corrected chi connectivity index (χ3v) is 1.58. The maximum atomic E-state index is 9.24. The number of phenolic OH excluding ortho intramolecular Hbond substituents is 1. The fourth-order valence-electron chi connectivity index (χ4n) is 1.07. The lowest BCUT2D eigenvalue weighted by atomic mass is 10.2. The lowest BCUT2D eigenvalue weighted by molar-refractivity contribution is 0.481. The molecule has 1 aromatic heterocycles. The van der Waals surface area contributed by atoms with Crippen molar-refractivity contribution in [2.75, 3.05) is 0 Å². The number of H-pyrrole nitrogens is 1. The predicted molar refractivity (Wildman–Crippen MR) is 40.0 cm³/mol. The van der Waals surface area contributed by atoms with Crippen LogP contribution in [-0.4, -0.2) is 10.1 Å². The van der Waals surface area contributed by atoms with Crippen molar-refractivity contribution in [3.05, 3.63) is 30.6 Å². The van der Waals surface area contributed by atoms with E-state index in [1.807, 2.05) is 18.3 Å². The molecular weight excluding hydrogens is 126 g/mol. The Kier molecular flexibility index (Phi) is 0.947. The van der Waals surface area contributed by atoms with Crippen molar-refractivity contribution < 1.29 is 5.11 Å². The summed E-state index contributed by atoms with van der Waals surface area (Å²) >= 11 is 0. The lowest BCUT2D eigenvalue weighted by Crippen LogP contribution is -1.63. The molecule has 0 unspecified atom stereocenters. The maximum Gasteiger partial charge on any atom is 0.124 e. The molecule has 2 heteroatoms. The number of phenols is 1. The van der Waals surface area contributed by atoms with Crippen LogP contribution >= 0.6 is 0 Å². The normalized spacial score (nSPS) is 10.4. The van der Waals surface area contributed by atoms with E-state index in [1.54, 1.807) is 12.3 Å². The Morgan fingerprint density at radius 2 is 2.10 bits per heavy atom. The fraction of sp³-hybridized carbons (Fsp3) is 0. The molecule has 0 spiro atoms. The Morgan fingerprint density at radius 3 is 2.90 bits per heavy atom. The van der Waals surface area contributed by atoms with Gasteiger partial charge in [-0.1, -0.05) is 12.1 Å². The van der Waals surface area contributed by atoms with Crippen molar-refractivity contribution in [2.24, 2.45) is 0 Å². The average Bonchev–Trinajstić information content (AvgIpc) is 2.36. The van der Waals surface area contributed by atoms with Gasteiger partial charge in [-0.3, -0.25) is 0 Å². The molecule has 1 aromatic carbocycles. The van der Waals surface area contributed by atoms with Gasteiger partial charge in [0.25, 0.3) is 0 Å². The minimum atomic E-state index is 0.332. The highest BCUT2D eigenvalue weighted by Crippen LogP contribution is 2.22. The second-order valence-electron chi connectivity index (χ2n) is 2.24. The summed E-state index contributed by atoms with van der Waals surface area (Å²) in [4.78, 5) is 2.92. The standard InChI is InChI=1S/C8H7NO/c10-8-3-1-2-6-4-9-5-7(6)8/h1-5,9-10H. The second-order valence-corrected chi connectivity index (χ2v) is 2.24. The quantitative estimate of drug-likeness (QED) is 0.565. The van der Waals surface area contributed by atoms with Gasteiger partial charge in [-0.05, 0) is 6.07 Å². The molecule has 0 amide bonds. The van der Waals surface area contributed by atoms with Crippen LogP contribution in [0.1, 0.15) is 0 Å². The van der Waals surface area contributed by atoms with E-state index in [-0.39, 0.29) is 0 Å². The Hall–Kier alpha value is -1.44. The summed E-state index contributed by atoms with van der Waals surface area (Å²) in [5.41, 5.74) is 0. The van der Waals surface area contributed by atoms with E-state index in [0.29, 0.717) is 5.75 Å². The molecule has 1 heterocycles. The van der Waals surface area contributed by atoms with Crippen LogP contribution in [0.2, 0.25) is 0 Å². The van der Waals surface area contributed by atoms with Crippen molar-refractivity contribution in [2.45, 2.75) is 0 Å². The second kappa shape index (κ2) is 1.77. The largest absolute Gasteiger partial charge is 0.507 e. The van der Waals surface area contributed by atoms with Crippen molar-refractivity contribution in [1.82, 2.24) is 4.98 Å². The minimum Gasteiger partial charge on any atom is -0.507 e. The van der Waals surface area contributed by atoms with Gasteiger partial charge in [-0.15, -0.1) is 0 Å². The molecular formula is C8H7NO. The van der Waals surface area contributed by atoms with E-state index >= 15 is 0 Å². The van der Waals surface area contributed by atoms with E-state index in [0.717, 1.165) is 10.8 Å². The zero-order valence-corrected chi connectivity index (χ0v) is 5.33. The summed E-state index contributed by atoms with van der Waals surface area (Å²) in [6.07, 6.45) is 3.64. The highest BCUT2D eigenvalue weighted by atomic mass is 16.3. The monoisotopic (exact) mass is 133 g/mol. The zero-order valence-electron chi connectivity index (χ0n) is 5.33. The Balaban J connectivity index is 2.95. The molecule has 0 saturated carbocycles. The molecule has 0 aliphatic rings. The van der Waals surface area contributed by atoms with E-state index in [4.69, 9.17) is 0 Å². The third kappa shape index (κ3) is 0.589. The van der Waals surface area contributed by atoms with Crippen LogP contribution in [0.5, 0.6) is 5.75 Å². The Morgan fingerprint density at radius 1 is 1.20 bits per heavy atom. The van der Waals surface area contributed by atoms with E-state index in [2.05, 4.69) is 4.98 Å². The van der Waals surface area contributed by atoms with E-state index < -0.39 is 0 Å². The highest BCUT2D eigenvalue weighted by molar-refractivity contribution is 5.87. The van der Waals surface area contributed by atoms with Gasteiger partial charge in [-0.25, -0.2) is 0 Å². The molecule has 0 saturated heterocycles. The molecule has 2 rings (SSSR count). The number of rotatable bonds is 0. The molecule has 0 bridgehead atoms. The first kappa shape index (κ1) is 5.35. The van der Waals surface area contributed by atoms with E-state index in [1.165, 1.54) is 0 Å². The number of benzene rings is 1. The Labute approximate surface area is 58.1 Å². The van der Waals surface area contributed by atoms with Gasteiger partial charge in [0.2, 0.25) is 0 Å². The molecule has 2 nitrogen and oxygen atoms in total. The molecule has 0 atom stereocenters. The average molecular weight is 133 g/mol. The van der Waals surface area contributed by atoms with Gasteiger partial charge in [-0.2, -0.15) is 0 Å². The number of fused-ring (bicyclic) bond motifs is 1. The van der Waals surface area contributed by atoms with Crippen LogP contribution < -0.4 is 0 Å². The van der Waals surface area contributed by atoms with Crippen LogP contribution in [0.25, 0.3) is 10.8 Å². The minimum absolute atomic E-state index is 0.332. The van der Waals surface area contributed by atoms with Gasteiger partial charge < -0.3 is 10.1 Å². The number of hydrogen-bond acceptors (Lipinski definition) is 1. The first-order valence-electron chi connectivity index (χ1n) is 3.12. The number of nitrogens with one attached hydrogen (secondary N) is 1. The molecule has 2 aromatic rings. The first-order chi connectivity index (χ1) is 4.88. The number of aromatic nitrogens is 1. The third-order valence-electron chi connectivity index (χ3n) is 1.58. The molecule has 0 fully saturated rings. The van der Waals surface area contributed by atoms with Crippen LogP contribution in [0.3, 0.4) is 0 Å². The maximum absolute atomic E-state index is 9.24. The van der Waals surface area contributed by atoms with Crippen LogP contribution in [0.15, 0.2) is 30.6 Å². The predicted octanol–water partition coefficient (Wildman–Crippen LogP) is 1.87. The van der Waals surface area contributed by atoms with Gasteiger partial charge in [0, 0.05) is 23.2 Å². The van der Waals surface area contributed by atoms with E-state index in [9.17, 15) is 5.11 Å². The fourth-order valence-corrected chi connectivity index (χ4v) is 1.07. The van der Waals surface area contributed by atoms with Crippen molar-refractivity contribution in [3.63, 3.8) is 0 Å². The topological polar surface area (TPSA) is 36.0 Å². The van der Waals surface area contributed by atoms with Gasteiger partial charge >= 0.3 is 0 Å².